The predicted octanol–water partition coefficient (Wildman–Crippen LogP) is -1.74. The second-order valence-electron chi connectivity index (χ2n) is 9.95. The van der Waals surface area contributed by atoms with E-state index in [1.807, 2.05) is 0 Å². The summed E-state index contributed by atoms with van der Waals surface area (Å²) < 4.78 is 0. The van der Waals surface area contributed by atoms with Crippen LogP contribution in [0.25, 0.3) is 0 Å². The standard InChI is InChI=1S/C24H27N5O8/c1-8(27-28-23(26)36)10-4-5-13(30)15-11(10)6-9-7-12-17(29(2)3)19(32)16(22(25)35)21(34)24(12,37)20(33)14(9)18(15)31/h4-5,9,12,14,16-17,30,37H,6-7H2,1-3H3,(H2,25,35)(H3,26,28,36)/b27-8+/t9-,12-,14?,16?,17-,24-/m0/s1. The van der Waals surface area contributed by atoms with Crippen molar-refractivity contribution in [2.24, 2.45) is 40.2 Å². The van der Waals surface area contributed by atoms with Gasteiger partial charge in [0.25, 0.3) is 0 Å². The van der Waals surface area contributed by atoms with Crippen molar-refractivity contribution < 1.29 is 39.0 Å². The number of carbonyl (C=O) groups excluding carboxylic acids is 6. The van der Waals surface area contributed by atoms with Crippen molar-refractivity contribution in [1.29, 1.82) is 0 Å². The number of hydrogen-bond acceptors (Lipinski definition) is 10. The summed E-state index contributed by atoms with van der Waals surface area (Å²) in [5.41, 5.74) is 10.6. The highest BCUT2D eigenvalue weighted by atomic mass is 16.3. The van der Waals surface area contributed by atoms with Gasteiger partial charge in [-0.3, -0.25) is 28.9 Å². The highest BCUT2D eigenvalue weighted by molar-refractivity contribution is 6.32. The molecule has 0 aromatic heterocycles. The quantitative estimate of drug-likeness (QED) is 0.175. The lowest BCUT2D eigenvalue weighted by molar-refractivity contribution is -0.181. The largest absolute Gasteiger partial charge is 0.507 e. The van der Waals surface area contributed by atoms with Crippen LogP contribution in [0.4, 0.5) is 4.79 Å². The number of phenolic OH excluding ortho intramolecular Hbond substituents is 1. The molecular weight excluding hydrogens is 486 g/mol. The Morgan fingerprint density at radius 1 is 1.14 bits per heavy atom. The molecule has 3 aliphatic carbocycles. The van der Waals surface area contributed by atoms with E-state index in [1.165, 1.54) is 31.1 Å². The van der Waals surface area contributed by atoms with Crippen LogP contribution in [0.15, 0.2) is 17.2 Å². The van der Waals surface area contributed by atoms with Crippen LogP contribution in [0.5, 0.6) is 5.75 Å². The Labute approximate surface area is 210 Å². The monoisotopic (exact) mass is 513 g/mol. The smallest absolute Gasteiger partial charge is 0.332 e. The number of Topliss-reactive ketones (excluding diaryl/α,β-unsaturated/α-hetero) is 4. The van der Waals surface area contributed by atoms with Crippen LogP contribution < -0.4 is 16.9 Å². The van der Waals surface area contributed by atoms with E-state index in [0.717, 1.165) is 0 Å². The number of benzene rings is 1. The first-order valence-corrected chi connectivity index (χ1v) is 11.5. The Hall–Kier alpha value is -3.97. The summed E-state index contributed by atoms with van der Waals surface area (Å²) in [4.78, 5) is 78.3. The zero-order valence-electron chi connectivity index (χ0n) is 20.3. The summed E-state index contributed by atoms with van der Waals surface area (Å²) in [6.07, 6.45) is -0.00623. The van der Waals surface area contributed by atoms with Crippen molar-refractivity contribution in [2.45, 2.75) is 31.4 Å². The van der Waals surface area contributed by atoms with Crippen molar-refractivity contribution in [1.82, 2.24) is 10.3 Å². The molecule has 0 spiro atoms. The van der Waals surface area contributed by atoms with Gasteiger partial charge in [-0.25, -0.2) is 10.2 Å². The normalized spacial score (nSPS) is 31.5. The van der Waals surface area contributed by atoms with E-state index in [1.54, 1.807) is 6.92 Å². The van der Waals surface area contributed by atoms with Crippen LogP contribution in [0, 0.1) is 23.7 Å². The first-order chi connectivity index (χ1) is 17.2. The Bertz CT molecular complexity index is 1300. The maximum Gasteiger partial charge on any atom is 0.332 e. The van der Waals surface area contributed by atoms with E-state index in [2.05, 4.69) is 10.5 Å². The fourth-order valence-electron chi connectivity index (χ4n) is 6.14. The van der Waals surface area contributed by atoms with Crippen LogP contribution in [0.3, 0.4) is 0 Å². The van der Waals surface area contributed by atoms with Gasteiger partial charge in [0.1, 0.15) is 5.75 Å². The zero-order valence-corrected chi connectivity index (χ0v) is 20.3. The molecule has 0 radical (unpaired) electrons. The number of carbonyl (C=O) groups is 6. The Balaban J connectivity index is 1.86. The highest BCUT2D eigenvalue weighted by Gasteiger charge is 2.69. The Morgan fingerprint density at radius 3 is 2.35 bits per heavy atom. The summed E-state index contributed by atoms with van der Waals surface area (Å²) in [5.74, 6) is -11.3. The van der Waals surface area contributed by atoms with E-state index in [-0.39, 0.29) is 24.1 Å². The van der Waals surface area contributed by atoms with Crippen LogP contribution >= 0.6 is 0 Å². The third kappa shape index (κ3) is 3.73. The molecule has 1 aromatic carbocycles. The number of likely N-dealkylation sites (N-methyl/N-ethyl adjacent to an activating group) is 1. The molecule has 37 heavy (non-hydrogen) atoms. The summed E-state index contributed by atoms with van der Waals surface area (Å²) in [7, 11) is 3.02. The number of ketones is 4. The van der Waals surface area contributed by atoms with Crippen LogP contribution in [-0.4, -0.2) is 81.6 Å². The summed E-state index contributed by atoms with van der Waals surface area (Å²) in [6, 6.07) is 0.637. The molecule has 1 aromatic rings. The molecule has 3 aliphatic rings. The van der Waals surface area contributed by atoms with Gasteiger partial charge >= 0.3 is 6.03 Å². The molecule has 13 heteroatoms. The molecule has 4 rings (SSSR count). The second kappa shape index (κ2) is 8.85. The van der Waals surface area contributed by atoms with E-state index >= 15 is 0 Å². The fourth-order valence-corrected chi connectivity index (χ4v) is 6.14. The molecule has 6 atom stereocenters. The first kappa shape index (κ1) is 26.1. The number of hydrazone groups is 1. The summed E-state index contributed by atoms with van der Waals surface area (Å²) >= 11 is 0. The van der Waals surface area contributed by atoms with E-state index < -0.39 is 76.1 Å². The maximum atomic E-state index is 13.8. The topological polar surface area (TPSA) is 223 Å². The number of hydrogen-bond donors (Lipinski definition) is 5. The molecule has 7 N–H and O–H groups in total. The van der Waals surface area contributed by atoms with Gasteiger partial charge in [0.2, 0.25) is 5.91 Å². The van der Waals surface area contributed by atoms with Crippen molar-refractivity contribution in [3.8, 4) is 5.75 Å². The third-order valence-corrected chi connectivity index (χ3v) is 7.67. The molecule has 0 bridgehead atoms. The van der Waals surface area contributed by atoms with Gasteiger partial charge in [-0.2, -0.15) is 5.10 Å². The van der Waals surface area contributed by atoms with Gasteiger partial charge in [-0.1, -0.05) is 0 Å². The van der Waals surface area contributed by atoms with Gasteiger partial charge in [-0.15, -0.1) is 0 Å². The number of urea groups is 1. The van der Waals surface area contributed by atoms with Crippen molar-refractivity contribution in [3.05, 3.63) is 28.8 Å². The molecular formula is C24H27N5O8. The van der Waals surface area contributed by atoms with Gasteiger partial charge in [0, 0.05) is 11.5 Å². The number of aromatic hydroxyl groups is 1. The van der Waals surface area contributed by atoms with Gasteiger partial charge in [-0.05, 0) is 57.5 Å². The average Bonchev–Trinajstić information content (AvgIpc) is 2.79. The minimum atomic E-state index is -2.78. The average molecular weight is 514 g/mol. The van der Waals surface area contributed by atoms with Gasteiger partial charge < -0.3 is 21.7 Å². The number of aliphatic hydroxyl groups is 1. The number of nitrogens with two attached hydrogens (primary N) is 2. The molecule has 3 amide bonds. The summed E-state index contributed by atoms with van der Waals surface area (Å²) in [5, 5.41) is 26.0. The minimum Gasteiger partial charge on any atom is -0.507 e. The first-order valence-electron chi connectivity index (χ1n) is 11.5. The zero-order chi connectivity index (χ0) is 27.6. The lowest BCUT2D eigenvalue weighted by Crippen LogP contribution is -2.74. The predicted molar refractivity (Wildman–Crippen MR) is 126 cm³/mol. The molecule has 196 valence electrons. The van der Waals surface area contributed by atoms with Crippen LogP contribution in [0.1, 0.15) is 34.8 Å². The number of nitrogens with zero attached hydrogens (tertiary/aromatic N) is 2. The SMILES string of the molecule is C/C(=N\NC(N)=O)c1ccc(O)c2c1C[C@H]1C[C@H]3[C@H](N(C)C)C(=O)C(C(N)=O)C(=O)[C@@]3(O)C(=O)C1C2=O. The molecule has 0 aliphatic heterocycles. The highest BCUT2D eigenvalue weighted by Crippen LogP contribution is 2.51. The number of amides is 3. The number of phenols is 1. The van der Waals surface area contributed by atoms with Crippen molar-refractivity contribution in [3.63, 3.8) is 0 Å². The number of nitrogens with one attached hydrogen (secondary N) is 1. The van der Waals surface area contributed by atoms with Gasteiger partial charge in [0.15, 0.2) is 34.7 Å². The number of primary amides is 2. The molecule has 13 nitrogen and oxygen atoms in total. The third-order valence-electron chi connectivity index (χ3n) is 7.67. The molecule has 0 saturated heterocycles. The van der Waals surface area contributed by atoms with Crippen molar-refractivity contribution >= 4 is 40.8 Å². The van der Waals surface area contributed by atoms with Crippen LogP contribution in [0.2, 0.25) is 0 Å². The Kier molecular flexibility index (Phi) is 6.24. The van der Waals surface area contributed by atoms with E-state index in [0.29, 0.717) is 11.1 Å². The fraction of sp³-hybridized carbons (Fsp3) is 0.458. The number of fused-ring (bicyclic) bond motifs is 3. The van der Waals surface area contributed by atoms with E-state index in [9.17, 15) is 39.0 Å². The minimum absolute atomic E-state index is 0.0685. The molecule has 2 saturated carbocycles. The van der Waals surface area contributed by atoms with Crippen LogP contribution in [-0.2, 0) is 25.6 Å². The molecule has 0 heterocycles. The summed E-state index contributed by atoms with van der Waals surface area (Å²) in [6.45, 7) is 1.55. The lowest BCUT2D eigenvalue weighted by Gasteiger charge is -2.52. The van der Waals surface area contributed by atoms with Gasteiger partial charge in [0.05, 0.1) is 23.2 Å². The maximum absolute atomic E-state index is 13.8. The number of rotatable bonds is 4. The second-order valence-corrected chi connectivity index (χ2v) is 9.95. The molecule has 2 unspecified atom stereocenters. The lowest BCUT2D eigenvalue weighted by atomic mass is 9.52. The van der Waals surface area contributed by atoms with E-state index in [4.69, 9.17) is 11.5 Å². The van der Waals surface area contributed by atoms with Crippen molar-refractivity contribution in [2.75, 3.05) is 14.1 Å². The molecule has 2 fully saturated rings. The Morgan fingerprint density at radius 2 is 1.78 bits per heavy atom.